The van der Waals surface area contributed by atoms with Gasteiger partial charge in [-0.1, -0.05) is 12.1 Å². The number of nitriles is 1. The highest BCUT2D eigenvalue weighted by Crippen LogP contribution is 2.47. The summed E-state index contributed by atoms with van der Waals surface area (Å²) >= 11 is 5.75. The van der Waals surface area contributed by atoms with Gasteiger partial charge in [-0.25, -0.2) is 0 Å². The summed E-state index contributed by atoms with van der Waals surface area (Å²) in [4.78, 5) is 17.0. The van der Waals surface area contributed by atoms with Gasteiger partial charge in [0.25, 0.3) is 16.0 Å². The molecule has 0 aromatic heterocycles. The third kappa shape index (κ3) is 3.71. The number of anilines is 2. The Morgan fingerprint density at radius 3 is 2.32 bits per heavy atom. The molecule has 2 aromatic rings. The Bertz CT molecular complexity index is 1210. The number of thiocarbonyl (C=S) groups is 1. The first kappa shape index (κ1) is 21.4. The Morgan fingerprint density at radius 2 is 1.81 bits per heavy atom. The first-order chi connectivity index (χ1) is 14.7. The SMILES string of the molecule is Cc1cc(N2C(=O)C3(CCC3)N(c3ccc(COS(C)(=O)=O)cc3)C2=S)ccc1C#N. The predicted octanol–water partition coefficient (Wildman–Crippen LogP) is 3.40. The molecule has 2 aliphatic rings. The van der Waals surface area contributed by atoms with Crippen LogP contribution in [0.3, 0.4) is 0 Å². The van der Waals surface area contributed by atoms with Crippen LogP contribution >= 0.6 is 12.2 Å². The van der Waals surface area contributed by atoms with E-state index in [1.807, 2.05) is 30.0 Å². The monoisotopic (exact) mass is 455 g/mol. The average Bonchev–Trinajstić information content (AvgIpc) is 2.93. The van der Waals surface area contributed by atoms with Gasteiger partial charge in [0, 0.05) is 5.69 Å². The molecule has 1 spiro atoms. The van der Waals surface area contributed by atoms with E-state index in [2.05, 4.69) is 6.07 Å². The van der Waals surface area contributed by atoms with E-state index >= 15 is 0 Å². The van der Waals surface area contributed by atoms with Gasteiger partial charge in [-0.3, -0.25) is 13.9 Å². The summed E-state index contributed by atoms with van der Waals surface area (Å²) in [6, 6.07) is 14.6. The fourth-order valence-electron chi connectivity index (χ4n) is 4.04. The fraction of sp³-hybridized carbons (Fsp3) is 0.318. The van der Waals surface area contributed by atoms with Crippen LogP contribution in [0.5, 0.6) is 0 Å². The maximum Gasteiger partial charge on any atom is 0.264 e. The standard InChI is InChI=1S/C22H21N3O4S2/c1-15-12-19(9-6-17(15)13-23)24-20(26)22(10-3-11-22)25(21(24)30)18-7-4-16(5-8-18)14-29-31(2,27)28/h4-9,12H,3,10-11,14H2,1-2H3. The number of rotatable bonds is 5. The third-order valence-corrected chi connectivity index (χ3v) is 6.73. The fourth-order valence-corrected chi connectivity index (χ4v) is 4.86. The molecule has 31 heavy (non-hydrogen) atoms. The Hall–Kier alpha value is -2.80. The van der Waals surface area contributed by atoms with E-state index in [1.165, 1.54) is 0 Å². The number of benzene rings is 2. The van der Waals surface area contributed by atoms with Crippen molar-refractivity contribution in [1.29, 1.82) is 5.26 Å². The van der Waals surface area contributed by atoms with Crippen LogP contribution in [0.4, 0.5) is 11.4 Å². The highest BCUT2D eigenvalue weighted by Gasteiger charge is 2.59. The van der Waals surface area contributed by atoms with E-state index in [-0.39, 0.29) is 12.5 Å². The molecule has 2 aromatic carbocycles. The van der Waals surface area contributed by atoms with Gasteiger partial charge in [-0.15, -0.1) is 0 Å². The van der Waals surface area contributed by atoms with Gasteiger partial charge in [0.15, 0.2) is 5.11 Å². The van der Waals surface area contributed by atoms with Crippen molar-refractivity contribution in [3.8, 4) is 6.07 Å². The number of hydrogen-bond donors (Lipinski definition) is 0. The van der Waals surface area contributed by atoms with Crippen LogP contribution in [0.25, 0.3) is 0 Å². The van der Waals surface area contributed by atoms with Crippen LogP contribution in [0.15, 0.2) is 42.5 Å². The van der Waals surface area contributed by atoms with Crippen molar-refractivity contribution in [1.82, 2.24) is 0 Å². The second-order valence-electron chi connectivity index (χ2n) is 7.89. The first-order valence-corrected chi connectivity index (χ1v) is 12.0. The van der Waals surface area contributed by atoms with Crippen LogP contribution in [-0.4, -0.2) is 31.2 Å². The molecular weight excluding hydrogens is 434 g/mol. The van der Waals surface area contributed by atoms with Crippen molar-refractivity contribution in [3.05, 3.63) is 59.2 Å². The molecule has 1 heterocycles. The van der Waals surface area contributed by atoms with E-state index in [4.69, 9.17) is 16.4 Å². The average molecular weight is 456 g/mol. The number of nitrogens with zero attached hydrogens (tertiary/aromatic N) is 3. The maximum absolute atomic E-state index is 13.5. The molecule has 0 unspecified atom stereocenters. The Morgan fingerprint density at radius 1 is 1.16 bits per heavy atom. The predicted molar refractivity (Wildman–Crippen MR) is 121 cm³/mol. The number of hydrogen-bond acceptors (Lipinski definition) is 6. The van der Waals surface area contributed by atoms with Crippen LogP contribution in [0.2, 0.25) is 0 Å². The molecule has 160 valence electrons. The topological polar surface area (TPSA) is 90.7 Å². The molecule has 0 radical (unpaired) electrons. The third-order valence-electron chi connectivity index (χ3n) is 5.82. The quantitative estimate of drug-likeness (QED) is 0.504. The molecule has 1 aliphatic heterocycles. The van der Waals surface area contributed by atoms with Gasteiger partial charge in [0.2, 0.25) is 0 Å². The highest BCUT2D eigenvalue weighted by molar-refractivity contribution is 7.85. The summed E-state index contributed by atoms with van der Waals surface area (Å²) in [5, 5.41) is 9.60. The molecule has 1 amide bonds. The summed E-state index contributed by atoms with van der Waals surface area (Å²) in [7, 11) is -3.53. The molecule has 0 bridgehead atoms. The second kappa shape index (κ2) is 7.71. The smallest absolute Gasteiger partial charge is 0.264 e. The summed E-state index contributed by atoms with van der Waals surface area (Å²) in [5.41, 5.74) is 2.76. The summed E-state index contributed by atoms with van der Waals surface area (Å²) in [6.07, 6.45) is 3.36. The first-order valence-electron chi connectivity index (χ1n) is 9.79. The van der Waals surface area contributed by atoms with Crippen LogP contribution < -0.4 is 9.80 Å². The van der Waals surface area contributed by atoms with Crippen molar-refractivity contribution in [3.63, 3.8) is 0 Å². The van der Waals surface area contributed by atoms with E-state index in [0.29, 0.717) is 34.8 Å². The van der Waals surface area contributed by atoms with Crippen molar-refractivity contribution in [2.24, 2.45) is 0 Å². The van der Waals surface area contributed by atoms with E-state index in [9.17, 15) is 18.5 Å². The number of carbonyl (C=O) groups is 1. The zero-order valence-electron chi connectivity index (χ0n) is 17.2. The molecule has 9 heteroatoms. The van der Waals surface area contributed by atoms with Crippen molar-refractivity contribution >= 4 is 44.7 Å². The normalized spacial score (nSPS) is 17.7. The minimum Gasteiger partial charge on any atom is -0.303 e. The van der Waals surface area contributed by atoms with Gasteiger partial charge < -0.3 is 4.90 Å². The molecule has 2 fully saturated rings. The summed E-state index contributed by atoms with van der Waals surface area (Å²) in [5.74, 6) is -0.0580. The number of aryl methyl sites for hydroxylation is 1. The van der Waals surface area contributed by atoms with Gasteiger partial charge in [-0.05, 0) is 79.9 Å². The largest absolute Gasteiger partial charge is 0.303 e. The zero-order chi connectivity index (χ0) is 22.4. The Balaban J connectivity index is 1.67. The van der Waals surface area contributed by atoms with Crippen molar-refractivity contribution in [2.45, 2.75) is 38.3 Å². The van der Waals surface area contributed by atoms with Gasteiger partial charge in [0.1, 0.15) is 5.54 Å². The molecule has 7 nitrogen and oxygen atoms in total. The van der Waals surface area contributed by atoms with Crippen LogP contribution in [0, 0.1) is 18.3 Å². The van der Waals surface area contributed by atoms with Crippen LogP contribution in [0.1, 0.15) is 36.0 Å². The lowest BCUT2D eigenvalue weighted by Gasteiger charge is -2.43. The van der Waals surface area contributed by atoms with E-state index in [0.717, 1.165) is 23.9 Å². The van der Waals surface area contributed by atoms with Gasteiger partial charge in [-0.2, -0.15) is 13.7 Å². The molecule has 0 N–H and O–H groups in total. The summed E-state index contributed by atoms with van der Waals surface area (Å²) in [6.45, 7) is 1.78. The van der Waals surface area contributed by atoms with Crippen molar-refractivity contribution < 1.29 is 17.4 Å². The van der Waals surface area contributed by atoms with Crippen molar-refractivity contribution in [2.75, 3.05) is 16.1 Å². The van der Waals surface area contributed by atoms with Gasteiger partial charge >= 0.3 is 0 Å². The van der Waals surface area contributed by atoms with E-state index in [1.54, 1.807) is 29.2 Å². The minimum atomic E-state index is -3.53. The van der Waals surface area contributed by atoms with E-state index < -0.39 is 15.7 Å². The van der Waals surface area contributed by atoms with Crippen LogP contribution in [-0.2, 0) is 25.7 Å². The summed E-state index contributed by atoms with van der Waals surface area (Å²) < 4.78 is 27.3. The minimum absolute atomic E-state index is 0.0513. The second-order valence-corrected chi connectivity index (χ2v) is 9.90. The molecule has 0 atom stereocenters. The molecule has 1 aliphatic carbocycles. The van der Waals surface area contributed by atoms with Gasteiger partial charge in [0.05, 0.1) is 30.2 Å². The lowest BCUT2D eigenvalue weighted by atomic mass is 9.75. The lowest BCUT2D eigenvalue weighted by molar-refractivity contribution is -0.123. The Labute approximate surface area is 187 Å². The lowest BCUT2D eigenvalue weighted by Crippen LogP contribution is -2.55. The number of amides is 1. The molecule has 4 rings (SSSR count). The Kier molecular flexibility index (Phi) is 5.33. The molecule has 1 saturated heterocycles. The number of carbonyl (C=O) groups excluding carboxylic acids is 1. The highest BCUT2D eigenvalue weighted by atomic mass is 32.2. The molecule has 1 saturated carbocycles. The molecular formula is C22H21N3O4S2. The zero-order valence-corrected chi connectivity index (χ0v) is 18.8. The maximum atomic E-state index is 13.5.